The molecule has 0 aliphatic heterocycles. The Balaban J connectivity index is 0.00000256. The van der Waals surface area contributed by atoms with Gasteiger partial charge >= 0.3 is 0 Å². The fourth-order valence-electron chi connectivity index (χ4n) is 4.66. The summed E-state index contributed by atoms with van der Waals surface area (Å²) < 4.78 is 2.39. The van der Waals surface area contributed by atoms with E-state index >= 15 is 0 Å². The lowest BCUT2D eigenvalue weighted by Crippen LogP contribution is -2.29. The van der Waals surface area contributed by atoms with Crippen LogP contribution in [-0.2, 0) is 13.1 Å². The van der Waals surface area contributed by atoms with Gasteiger partial charge in [-0.2, -0.15) is 0 Å². The molecule has 0 saturated heterocycles. The van der Waals surface area contributed by atoms with Crippen molar-refractivity contribution in [3.8, 4) is 0 Å². The number of hydrogen-bond acceptors (Lipinski definition) is 1. The second kappa shape index (κ2) is 10.9. The van der Waals surface area contributed by atoms with Crippen molar-refractivity contribution in [2.45, 2.75) is 71.0 Å². The summed E-state index contributed by atoms with van der Waals surface area (Å²) in [7, 11) is 0. The van der Waals surface area contributed by atoms with Gasteiger partial charge in [0.05, 0.1) is 0 Å². The van der Waals surface area contributed by atoms with E-state index in [1.165, 1.54) is 67.1 Å². The van der Waals surface area contributed by atoms with Crippen molar-refractivity contribution in [2.24, 2.45) is 0 Å². The molecule has 1 saturated carbocycles. The first-order valence-electron chi connectivity index (χ1n) is 10.9. The normalized spacial score (nSPS) is 15.6. The van der Waals surface area contributed by atoms with Crippen LogP contribution in [0.15, 0.2) is 42.5 Å². The predicted molar refractivity (Wildman–Crippen MR) is 132 cm³/mol. The first kappa shape index (κ1) is 23.5. The molecule has 0 atom stereocenters. The van der Waals surface area contributed by atoms with E-state index in [-0.39, 0.29) is 12.4 Å². The van der Waals surface area contributed by atoms with Crippen LogP contribution in [0.5, 0.6) is 0 Å². The summed E-state index contributed by atoms with van der Waals surface area (Å²) in [4.78, 5) is 0. The third-order valence-electron chi connectivity index (χ3n) is 6.38. The Morgan fingerprint density at radius 3 is 2.40 bits per heavy atom. The summed E-state index contributed by atoms with van der Waals surface area (Å²) >= 11 is 12.6. The van der Waals surface area contributed by atoms with E-state index in [1.54, 1.807) is 0 Å². The molecular weight excluding hydrogens is 435 g/mol. The van der Waals surface area contributed by atoms with Crippen LogP contribution in [0.4, 0.5) is 0 Å². The molecule has 1 fully saturated rings. The third-order valence-corrected chi connectivity index (χ3v) is 6.96. The molecule has 2 aromatic carbocycles. The Morgan fingerprint density at radius 2 is 1.67 bits per heavy atom. The van der Waals surface area contributed by atoms with Crippen molar-refractivity contribution >= 4 is 46.5 Å². The molecule has 1 aliphatic carbocycles. The summed E-state index contributed by atoms with van der Waals surface area (Å²) in [5.41, 5.74) is 5.09. The third kappa shape index (κ3) is 5.34. The maximum Gasteiger partial charge on any atom is 0.0493 e. The number of para-hydroxylation sites is 1. The topological polar surface area (TPSA) is 17.0 Å². The average molecular weight is 466 g/mol. The van der Waals surface area contributed by atoms with E-state index in [9.17, 15) is 0 Å². The van der Waals surface area contributed by atoms with Crippen LogP contribution < -0.4 is 5.32 Å². The number of nitrogens with one attached hydrogen (secondary N) is 1. The highest BCUT2D eigenvalue weighted by Gasteiger charge is 2.17. The minimum Gasteiger partial charge on any atom is -0.340 e. The Kier molecular flexibility index (Phi) is 8.53. The maximum absolute atomic E-state index is 6.47. The zero-order chi connectivity index (χ0) is 20.2. The molecule has 1 heterocycles. The van der Waals surface area contributed by atoms with Gasteiger partial charge in [-0.15, -0.1) is 12.4 Å². The van der Waals surface area contributed by atoms with Gasteiger partial charge in [0.1, 0.15) is 0 Å². The van der Waals surface area contributed by atoms with E-state index in [0.717, 1.165) is 23.7 Å². The van der Waals surface area contributed by atoms with Crippen LogP contribution in [0.3, 0.4) is 0 Å². The minimum absolute atomic E-state index is 0. The number of hydrogen-bond donors (Lipinski definition) is 1. The number of benzene rings is 2. The lowest BCUT2D eigenvalue weighted by atomic mass is 9.96. The van der Waals surface area contributed by atoms with Crippen LogP contribution in [-0.4, -0.2) is 10.6 Å². The predicted octanol–water partition coefficient (Wildman–Crippen LogP) is 7.93. The fourth-order valence-corrected chi connectivity index (χ4v) is 5.12. The molecule has 162 valence electrons. The van der Waals surface area contributed by atoms with E-state index in [0.29, 0.717) is 11.1 Å². The van der Waals surface area contributed by atoms with Gasteiger partial charge in [-0.05, 0) is 49.1 Å². The smallest absolute Gasteiger partial charge is 0.0493 e. The van der Waals surface area contributed by atoms with Gasteiger partial charge in [0, 0.05) is 45.8 Å². The van der Waals surface area contributed by atoms with Gasteiger partial charge in [-0.1, -0.05) is 79.6 Å². The number of rotatable bonds is 5. The Bertz CT molecular complexity index is 972. The standard InChI is InChI=1S/C25H30Cl2N2.ClH/c1-18-23(16-28-21-9-5-3-2-4-6-10-21)22-11-7-8-12-25(22)29(18)17-19-13-14-20(26)15-24(19)27;/h7-8,11-15,21,28H,2-6,9-10,16-17H2,1H3;1H. The van der Waals surface area contributed by atoms with Crippen LogP contribution in [0, 0.1) is 6.92 Å². The van der Waals surface area contributed by atoms with E-state index in [2.05, 4.69) is 41.1 Å². The van der Waals surface area contributed by atoms with E-state index in [1.807, 2.05) is 18.2 Å². The molecule has 4 rings (SSSR count). The van der Waals surface area contributed by atoms with Crippen LogP contribution in [0.1, 0.15) is 61.8 Å². The van der Waals surface area contributed by atoms with Crippen molar-refractivity contribution < 1.29 is 0 Å². The van der Waals surface area contributed by atoms with Gasteiger partial charge in [0.25, 0.3) is 0 Å². The van der Waals surface area contributed by atoms with Gasteiger partial charge < -0.3 is 9.88 Å². The van der Waals surface area contributed by atoms with Crippen molar-refractivity contribution in [1.29, 1.82) is 0 Å². The van der Waals surface area contributed by atoms with Crippen LogP contribution in [0.2, 0.25) is 10.0 Å². The first-order chi connectivity index (χ1) is 14.1. The first-order valence-corrected chi connectivity index (χ1v) is 11.6. The molecule has 0 spiro atoms. The monoisotopic (exact) mass is 464 g/mol. The Morgan fingerprint density at radius 1 is 0.967 bits per heavy atom. The molecule has 1 N–H and O–H groups in total. The lowest BCUT2D eigenvalue weighted by molar-refractivity contribution is 0.389. The summed E-state index contributed by atoms with van der Waals surface area (Å²) in [6, 6.07) is 15.1. The highest BCUT2D eigenvalue weighted by molar-refractivity contribution is 6.35. The lowest BCUT2D eigenvalue weighted by Gasteiger charge is -2.21. The summed E-state index contributed by atoms with van der Waals surface area (Å²) in [5.74, 6) is 0. The molecule has 0 unspecified atom stereocenters. The average Bonchev–Trinajstić information content (AvgIpc) is 2.95. The summed E-state index contributed by atoms with van der Waals surface area (Å²) in [6.45, 7) is 3.92. The van der Waals surface area contributed by atoms with Gasteiger partial charge in [0.2, 0.25) is 0 Å². The maximum atomic E-state index is 6.47. The molecule has 30 heavy (non-hydrogen) atoms. The summed E-state index contributed by atoms with van der Waals surface area (Å²) in [6.07, 6.45) is 9.50. The van der Waals surface area contributed by atoms with Crippen molar-refractivity contribution in [3.63, 3.8) is 0 Å². The fraction of sp³-hybridized carbons (Fsp3) is 0.440. The van der Waals surface area contributed by atoms with Crippen molar-refractivity contribution in [1.82, 2.24) is 9.88 Å². The van der Waals surface area contributed by atoms with Crippen LogP contribution in [0.25, 0.3) is 10.9 Å². The van der Waals surface area contributed by atoms with Gasteiger partial charge in [-0.25, -0.2) is 0 Å². The molecule has 2 nitrogen and oxygen atoms in total. The number of aromatic nitrogens is 1. The zero-order valence-corrected chi connectivity index (χ0v) is 19.9. The molecule has 0 amide bonds. The highest BCUT2D eigenvalue weighted by atomic mass is 35.5. The molecular formula is C25H31Cl3N2. The minimum atomic E-state index is 0. The molecule has 1 aliphatic rings. The molecule has 1 aromatic heterocycles. The molecule has 3 aromatic rings. The highest BCUT2D eigenvalue weighted by Crippen LogP contribution is 2.29. The van der Waals surface area contributed by atoms with Gasteiger partial charge in [0.15, 0.2) is 0 Å². The molecule has 0 bridgehead atoms. The SMILES string of the molecule is Cc1c(CNC2CCCCCCC2)c2ccccc2n1Cc1ccc(Cl)cc1Cl.Cl. The number of nitrogens with zero attached hydrogens (tertiary/aromatic N) is 1. The van der Waals surface area contributed by atoms with Crippen molar-refractivity contribution in [2.75, 3.05) is 0 Å². The van der Waals surface area contributed by atoms with Crippen LogP contribution >= 0.6 is 35.6 Å². The Labute approximate surface area is 196 Å². The quantitative estimate of drug-likeness (QED) is 0.405. The second-order valence-electron chi connectivity index (χ2n) is 8.33. The zero-order valence-electron chi connectivity index (χ0n) is 17.6. The second-order valence-corrected chi connectivity index (χ2v) is 9.17. The number of fused-ring (bicyclic) bond motifs is 1. The van der Waals surface area contributed by atoms with Crippen molar-refractivity contribution in [3.05, 3.63) is 69.3 Å². The number of halogens is 3. The summed E-state index contributed by atoms with van der Waals surface area (Å²) in [5, 5.41) is 6.62. The van der Waals surface area contributed by atoms with E-state index in [4.69, 9.17) is 23.2 Å². The van der Waals surface area contributed by atoms with Gasteiger partial charge in [-0.3, -0.25) is 0 Å². The molecule has 0 radical (unpaired) electrons. The Hall–Kier alpha value is -1.19. The molecule has 5 heteroatoms. The largest absolute Gasteiger partial charge is 0.340 e. The van der Waals surface area contributed by atoms with E-state index < -0.39 is 0 Å².